The lowest BCUT2D eigenvalue weighted by Crippen LogP contribution is -2.55. The zero-order valence-corrected chi connectivity index (χ0v) is 18.2. The number of aryl methyl sites for hydroxylation is 2. The largest absolute Gasteiger partial charge is 0.477 e. The number of aliphatic hydroxyl groups excluding tert-OH is 4. The van der Waals surface area contributed by atoms with E-state index in [1.54, 1.807) is 12.1 Å². The van der Waals surface area contributed by atoms with Gasteiger partial charge in [0.2, 0.25) is 0 Å². The summed E-state index contributed by atoms with van der Waals surface area (Å²) in [5, 5.41) is 42.0. The van der Waals surface area contributed by atoms with Crippen LogP contribution in [0.3, 0.4) is 0 Å². The standard InChI is InChI=1S/C22H28N2O6S/c1-11-7-12(2)15(9-13-3-5-14(6-4-13)24-22(23)29)16(8-11)30-21-20(28)19(27)18(26)17(10-25)31-21/h3-8,17-21,25-28H,9-10H2,1-2H3,(H3,23,24,29)/t17?,18-,19?,20-,21-/m1/s1. The quantitative estimate of drug-likeness (QED) is 0.390. The van der Waals surface area contributed by atoms with Gasteiger partial charge in [0.05, 0.1) is 18.0 Å². The number of aliphatic hydroxyl groups is 4. The van der Waals surface area contributed by atoms with E-state index >= 15 is 0 Å². The molecule has 168 valence electrons. The van der Waals surface area contributed by atoms with Crippen LogP contribution in [0.1, 0.15) is 22.3 Å². The Morgan fingerprint density at radius 1 is 1.10 bits per heavy atom. The molecule has 1 saturated heterocycles. The van der Waals surface area contributed by atoms with Gasteiger partial charge in [-0.1, -0.05) is 18.2 Å². The highest BCUT2D eigenvalue weighted by molar-refractivity contribution is 8.00. The second kappa shape index (κ2) is 9.88. The molecule has 0 aliphatic carbocycles. The highest BCUT2D eigenvalue weighted by atomic mass is 32.2. The van der Waals surface area contributed by atoms with E-state index < -0.39 is 35.0 Å². The Kier molecular flexibility index (Phi) is 7.45. The van der Waals surface area contributed by atoms with E-state index in [0.29, 0.717) is 17.9 Å². The number of nitrogens with two attached hydrogens (primary N) is 1. The number of amides is 2. The van der Waals surface area contributed by atoms with Gasteiger partial charge in [-0.2, -0.15) is 0 Å². The van der Waals surface area contributed by atoms with E-state index in [1.165, 1.54) is 0 Å². The maximum absolute atomic E-state index is 11.0. The van der Waals surface area contributed by atoms with E-state index in [2.05, 4.69) is 5.32 Å². The molecule has 0 aromatic heterocycles. The lowest BCUT2D eigenvalue weighted by molar-refractivity contribution is -0.0910. The Balaban J connectivity index is 1.85. The molecule has 8 nitrogen and oxygen atoms in total. The third-order valence-electron chi connectivity index (χ3n) is 5.27. The van der Waals surface area contributed by atoms with Crippen molar-refractivity contribution in [2.24, 2.45) is 5.73 Å². The minimum Gasteiger partial charge on any atom is -0.477 e. The lowest BCUT2D eigenvalue weighted by atomic mass is 9.97. The van der Waals surface area contributed by atoms with E-state index in [-0.39, 0.29) is 6.61 Å². The summed E-state index contributed by atoms with van der Waals surface area (Å²) in [4.78, 5) is 11.0. The first-order valence-electron chi connectivity index (χ1n) is 9.92. The zero-order chi connectivity index (χ0) is 22.7. The Morgan fingerprint density at radius 3 is 2.39 bits per heavy atom. The van der Waals surface area contributed by atoms with Crippen LogP contribution in [0.15, 0.2) is 36.4 Å². The molecule has 31 heavy (non-hydrogen) atoms. The molecule has 2 unspecified atom stereocenters. The molecule has 9 heteroatoms. The number of hydrogen-bond donors (Lipinski definition) is 6. The van der Waals surface area contributed by atoms with Gasteiger partial charge in [-0.05, 0) is 48.7 Å². The van der Waals surface area contributed by atoms with Crippen LogP contribution in [0, 0.1) is 13.8 Å². The maximum Gasteiger partial charge on any atom is 0.316 e. The predicted octanol–water partition coefficient (Wildman–Crippen LogP) is 1.28. The summed E-state index contributed by atoms with van der Waals surface area (Å²) in [6.07, 6.45) is -3.42. The van der Waals surface area contributed by atoms with Gasteiger partial charge in [0.15, 0.2) is 5.44 Å². The third-order valence-corrected chi connectivity index (χ3v) is 6.69. The van der Waals surface area contributed by atoms with Crippen LogP contribution < -0.4 is 15.8 Å². The first-order valence-corrected chi connectivity index (χ1v) is 10.9. The smallest absolute Gasteiger partial charge is 0.316 e. The molecule has 0 spiro atoms. The number of nitrogens with one attached hydrogen (secondary N) is 1. The fourth-order valence-corrected chi connectivity index (χ4v) is 4.87. The Bertz CT molecular complexity index is 921. The molecule has 0 radical (unpaired) electrons. The van der Waals surface area contributed by atoms with Gasteiger partial charge in [-0.3, -0.25) is 0 Å². The molecule has 1 aliphatic rings. The number of carbonyl (C=O) groups excluding carboxylic acids is 1. The van der Waals surface area contributed by atoms with Crippen LogP contribution in [-0.4, -0.2) is 62.1 Å². The van der Waals surface area contributed by atoms with E-state index in [1.807, 2.05) is 38.1 Å². The third kappa shape index (κ3) is 5.50. The number of benzene rings is 2. The van der Waals surface area contributed by atoms with Crippen LogP contribution in [0.25, 0.3) is 0 Å². The summed E-state index contributed by atoms with van der Waals surface area (Å²) in [5.74, 6) is 0.564. The molecule has 1 heterocycles. The highest BCUT2D eigenvalue weighted by Crippen LogP contribution is 2.36. The molecule has 0 saturated carbocycles. The van der Waals surface area contributed by atoms with Crippen LogP contribution in [-0.2, 0) is 6.42 Å². The van der Waals surface area contributed by atoms with Crippen molar-refractivity contribution in [3.05, 3.63) is 58.7 Å². The number of urea groups is 1. The van der Waals surface area contributed by atoms with Gasteiger partial charge < -0.3 is 36.2 Å². The molecule has 7 N–H and O–H groups in total. The van der Waals surface area contributed by atoms with Crippen molar-refractivity contribution in [3.8, 4) is 5.75 Å². The fourth-order valence-electron chi connectivity index (χ4n) is 3.63. The Hall–Kier alpha value is -2.30. The van der Waals surface area contributed by atoms with Crippen LogP contribution in [0.5, 0.6) is 5.75 Å². The summed E-state index contributed by atoms with van der Waals surface area (Å²) in [5.41, 5.74) is 8.76. The molecule has 0 bridgehead atoms. The first kappa shape index (κ1) is 23.4. The average molecular weight is 449 g/mol. The monoisotopic (exact) mass is 448 g/mol. The van der Waals surface area contributed by atoms with Crippen LogP contribution >= 0.6 is 11.8 Å². The van der Waals surface area contributed by atoms with Crippen molar-refractivity contribution < 1.29 is 30.0 Å². The molecular formula is C22H28N2O6S. The average Bonchev–Trinajstić information content (AvgIpc) is 2.71. The first-order chi connectivity index (χ1) is 14.7. The summed E-state index contributed by atoms with van der Waals surface area (Å²) in [7, 11) is 0. The van der Waals surface area contributed by atoms with Gasteiger partial charge >= 0.3 is 6.03 Å². The molecule has 1 aliphatic heterocycles. The molecule has 3 rings (SSSR count). The second-order valence-electron chi connectivity index (χ2n) is 7.74. The highest BCUT2D eigenvalue weighted by Gasteiger charge is 2.44. The fraction of sp³-hybridized carbons (Fsp3) is 0.409. The predicted molar refractivity (Wildman–Crippen MR) is 119 cm³/mol. The molecule has 2 amide bonds. The second-order valence-corrected chi connectivity index (χ2v) is 9.08. The van der Waals surface area contributed by atoms with Crippen LogP contribution in [0.2, 0.25) is 0 Å². The number of carbonyl (C=O) groups is 1. The van der Waals surface area contributed by atoms with Crippen molar-refractivity contribution >= 4 is 23.5 Å². The molecule has 2 aromatic carbocycles. The summed E-state index contributed by atoms with van der Waals surface area (Å²) < 4.78 is 6.12. The minimum absolute atomic E-state index is 0.346. The van der Waals surface area contributed by atoms with Gasteiger partial charge in [-0.15, -0.1) is 11.8 Å². The topological polar surface area (TPSA) is 145 Å². The summed E-state index contributed by atoms with van der Waals surface area (Å²) in [6, 6.07) is 10.5. The minimum atomic E-state index is -1.41. The van der Waals surface area contributed by atoms with Gasteiger partial charge in [0, 0.05) is 17.7 Å². The van der Waals surface area contributed by atoms with Crippen molar-refractivity contribution in [1.82, 2.24) is 0 Å². The summed E-state index contributed by atoms with van der Waals surface area (Å²) in [6.45, 7) is 3.56. The number of rotatable bonds is 6. The number of hydrogen-bond acceptors (Lipinski definition) is 7. The van der Waals surface area contributed by atoms with E-state index in [4.69, 9.17) is 10.5 Å². The van der Waals surface area contributed by atoms with Crippen molar-refractivity contribution in [2.75, 3.05) is 11.9 Å². The van der Waals surface area contributed by atoms with Gasteiger partial charge in [0.1, 0.15) is 18.0 Å². The molecule has 5 atom stereocenters. The van der Waals surface area contributed by atoms with E-state index in [0.717, 1.165) is 34.0 Å². The molecule has 2 aromatic rings. The number of anilines is 1. The molecule has 1 fully saturated rings. The number of thioether (sulfide) groups is 1. The molecular weight excluding hydrogens is 420 g/mol. The maximum atomic E-state index is 11.0. The summed E-state index contributed by atoms with van der Waals surface area (Å²) >= 11 is 1.10. The Morgan fingerprint density at radius 2 is 1.77 bits per heavy atom. The lowest BCUT2D eigenvalue weighted by Gasteiger charge is -2.39. The van der Waals surface area contributed by atoms with E-state index in [9.17, 15) is 25.2 Å². The normalized spacial score (nSPS) is 25.8. The van der Waals surface area contributed by atoms with Crippen molar-refractivity contribution in [1.29, 1.82) is 0 Å². The zero-order valence-electron chi connectivity index (χ0n) is 17.4. The number of primary amides is 1. The van der Waals surface area contributed by atoms with Gasteiger partial charge in [0.25, 0.3) is 0 Å². The van der Waals surface area contributed by atoms with Crippen LogP contribution in [0.4, 0.5) is 10.5 Å². The number of ether oxygens (including phenoxy) is 1. The Labute approximate surface area is 185 Å². The van der Waals surface area contributed by atoms with Crippen molar-refractivity contribution in [3.63, 3.8) is 0 Å². The van der Waals surface area contributed by atoms with Gasteiger partial charge in [-0.25, -0.2) is 4.79 Å². The van der Waals surface area contributed by atoms with Crippen molar-refractivity contribution in [2.45, 2.75) is 49.3 Å². The SMILES string of the molecule is Cc1cc(C)c(Cc2ccc(NC(N)=O)cc2)c(O[C@@H]2SC(CO)[C@@H](O)C(O)[C@H]2O)c1.